The van der Waals surface area contributed by atoms with Crippen molar-refractivity contribution in [2.75, 3.05) is 12.4 Å². The average molecular weight is 244 g/mol. The highest BCUT2D eigenvalue weighted by molar-refractivity contribution is 5.71. The van der Waals surface area contributed by atoms with E-state index in [-0.39, 0.29) is 5.71 Å². The predicted molar refractivity (Wildman–Crippen MR) is 64.5 cm³/mol. The standard InChI is InChI=1S/C12H9FN4O/c1-14-7-2-3-8(15-6-7)11-16-9-4-5-10(13)17-12(9)18-11/h2-6,14H,1H3. The van der Waals surface area contributed by atoms with Gasteiger partial charge in [0.25, 0.3) is 0 Å². The van der Waals surface area contributed by atoms with Crippen LogP contribution in [0, 0.1) is 5.95 Å². The Balaban J connectivity index is 2.07. The Morgan fingerprint density at radius 2 is 2.06 bits per heavy atom. The molecular formula is C12H9FN4O. The van der Waals surface area contributed by atoms with Crippen LogP contribution >= 0.6 is 0 Å². The summed E-state index contributed by atoms with van der Waals surface area (Å²) in [6.07, 6.45) is 1.66. The average Bonchev–Trinajstić information content (AvgIpc) is 2.81. The van der Waals surface area contributed by atoms with Crippen molar-refractivity contribution in [3.63, 3.8) is 0 Å². The lowest BCUT2D eigenvalue weighted by Crippen LogP contribution is -1.89. The molecule has 0 saturated carbocycles. The molecule has 0 aliphatic rings. The minimum Gasteiger partial charge on any atom is -0.416 e. The second-order valence-electron chi connectivity index (χ2n) is 3.66. The number of nitrogens with one attached hydrogen (secondary N) is 1. The van der Waals surface area contributed by atoms with Gasteiger partial charge in [0, 0.05) is 7.05 Å². The first-order chi connectivity index (χ1) is 8.76. The topological polar surface area (TPSA) is 63.8 Å². The number of hydrogen-bond acceptors (Lipinski definition) is 5. The lowest BCUT2D eigenvalue weighted by atomic mass is 10.3. The van der Waals surface area contributed by atoms with Crippen molar-refractivity contribution in [3.8, 4) is 11.6 Å². The quantitative estimate of drug-likeness (QED) is 0.701. The molecule has 3 aromatic rings. The van der Waals surface area contributed by atoms with Crippen LogP contribution in [0.15, 0.2) is 34.9 Å². The Morgan fingerprint density at radius 3 is 2.78 bits per heavy atom. The van der Waals surface area contributed by atoms with Crippen LogP contribution in [-0.4, -0.2) is 22.0 Å². The summed E-state index contributed by atoms with van der Waals surface area (Å²) in [5.74, 6) is -0.269. The Labute approximate surface area is 102 Å². The first kappa shape index (κ1) is 10.6. The molecule has 3 rings (SSSR count). The number of fused-ring (bicyclic) bond motifs is 1. The largest absolute Gasteiger partial charge is 0.416 e. The molecule has 0 atom stereocenters. The molecule has 0 unspecified atom stereocenters. The Hall–Kier alpha value is -2.50. The monoisotopic (exact) mass is 244 g/mol. The summed E-state index contributed by atoms with van der Waals surface area (Å²) < 4.78 is 18.3. The van der Waals surface area contributed by atoms with Crippen molar-refractivity contribution in [1.29, 1.82) is 0 Å². The van der Waals surface area contributed by atoms with Crippen molar-refractivity contribution in [2.45, 2.75) is 0 Å². The fourth-order valence-corrected chi connectivity index (χ4v) is 1.57. The van der Waals surface area contributed by atoms with E-state index in [9.17, 15) is 4.39 Å². The maximum atomic E-state index is 12.9. The lowest BCUT2D eigenvalue weighted by molar-refractivity contribution is 0.558. The van der Waals surface area contributed by atoms with E-state index in [4.69, 9.17) is 4.42 Å². The number of anilines is 1. The molecule has 18 heavy (non-hydrogen) atoms. The number of rotatable bonds is 2. The Kier molecular flexibility index (Phi) is 2.40. The smallest absolute Gasteiger partial charge is 0.250 e. The predicted octanol–water partition coefficient (Wildman–Crippen LogP) is 2.47. The van der Waals surface area contributed by atoms with E-state index in [0.717, 1.165) is 5.69 Å². The molecule has 0 aliphatic carbocycles. The normalized spacial score (nSPS) is 10.8. The maximum Gasteiger partial charge on any atom is 0.250 e. The third-order valence-electron chi connectivity index (χ3n) is 2.49. The van der Waals surface area contributed by atoms with E-state index >= 15 is 0 Å². The minimum atomic E-state index is -0.594. The van der Waals surface area contributed by atoms with Crippen LogP contribution in [0.2, 0.25) is 0 Å². The van der Waals surface area contributed by atoms with Gasteiger partial charge in [-0.2, -0.15) is 9.37 Å². The van der Waals surface area contributed by atoms with Crippen molar-refractivity contribution < 1.29 is 8.81 Å². The molecule has 0 bridgehead atoms. The molecule has 0 amide bonds. The fourth-order valence-electron chi connectivity index (χ4n) is 1.57. The van der Waals surface area contributed by atoms with Gasteiger partial charge in [0.2, 0.25) is 17.6 Å². The Morgan fingerprint density at radius 1 is 1.17 bits per heavy atom. The van der Waals surface area contributed by atoms with Gasteiger partial charge in [0.15, 0.2) is 0 Å². The molecule has 0 spiro atoms. The van der Waals surface area contributed by atoms with E-state index in [1.807, 2.05) is 13.1 Å². The van der Waals surface area contributed by atoms with E-state index in [2.05, 4.69) is 20.3 Å². The molecule has 0 aromatic carbocycles. The molecule has 0 aliphatic heterocycles. The lowest BCUT2D eigenvalue weighted by Gasteiger charge is -1.98. The fraction of sp³-hybridized carbons (Fsp3) is 0.0833. The second kappa shape index (κ2) is 4.06. The highest BCUT2D eigenvalue weighted by Crippen LogP contribution is 2.22. The molecular weight excluding hydrogens is 235 g/mol. The van der Waals surface area contributed by atoms with Crippen molar-refractivity contribution >= 4 is 16.9 Å². The Bertz CT molecular complexity index is 693. The second-order valence-corrected chi connectivity index (χ2v) is 3.66. The number of nitrogens with zero attached hydrogens (tertiary/aromatic N) is 3. The zero-order chi connectivity index (χ0) is 12.5. The summed E-state index contributed by atoms with van der Waals surface area (Å²) in [5.41, 5.74) is 2.14. The first-order valence-electron chi connectivity index (χ1n) is 5.33. The van der Waals surface area contributed by atoms with Crippen LogP contribution in [-0.2, 0) is 0 Å². The number of hydrogen-bond donors (Lipinski definition) is 1. The molecule has 0 fully saturated rings. The number of pyridine rings is 2. The molecule has 1 N–H and O–H groups in total. The molecule has 3 aromatic heterocycles. The molecule has 5 nitrogen and oxygen atoms in total. The third-order valence-corrected chi connectivity index (χ3v) is 2.49. The van der Waals surface area contributed by atoms with Crippen LogP contribution in [0.5, 0.6) is 0 Å². The van der Waals surface area contributed by atoms with E-state index < -0.39 is 5.95 Å². The van der Waals surface area contributed by atoms with Gasteiger partial charge in [-0.3, -0.25) is 0 Å². The van der Waals surface area contributed by atoms with Gasteiger partial charge >= 0.3 is 0 Å². The van der Waals surface area contributed by atoms with Crippen LogP contribution in [0.3, 0.4) is 0 Å². The molecule has 90 valence electrons. The van der Waals surface area contributed by atoms with Gasteiger partial charge in [-0.1, -0.05) is 0 Å². The summed E-state index contributed by atoms with van der Waals surface area (Å²) >= 11 is 0. The van der Waals surface area contributed by atoms with Gasteiger partial charge in [-0.15, -0.1) is 0 Å². The van der Waals surface area contributed by atoms with Crippen LogP contribution < -0.4 is 5.32 Å². The van der Waals surface area contributed by atoms with Crippen LogP contribution in [0.1, 0.15) is 0 Å². The minimum absolute atomic E-state index is 0.171. The summed E-state index contributed by atoms with van der Waals surface area (Å²) in [4.78, 5) is 12.0. The summed E-state index contributed by atoms with van der Waals surface area (Å²) in [5, 5.41) is 2.96. The summed E-state index contributed by atoms with van der Waals surface area (Å²) in [7, 11) is 1.81. The highest BCUT2D eigenvalue weighted by Gasteiger charge is 2.10. The zero-order valence-electron chi connectivity index (χ0n) is 9.51. The maximum absolute atomic E-state index is 12.9. The number of halogens is 1. The van der Waals surface area contributed by atoms with Gasteiger partial charge in [-0.05, 0) is 24.3 Å². The van der Waals surface area contributed by atoms with Crippen LogP contribution in [0.25, 0.3) is 22.8 Å². The van der Waals surface area contributed by atoms with Crippen molar-refractivity contribution in [3.05, 3.63) is 36.4 Å². The van der Waals surface area contributed by atoms with Gasteiger partial charge in [-0.25, -0.2) is 9.97 Å². The van der Waals surface area contributed by atoms with E-state index in [0.29, 0.717) is 17.1 Å². The molecule has 3 heterocycles. The van der Waals surface area contributed by atoms with Gasteiger partial charge < -0.3 is 9.73 Å². The molecule has 0 saturated heterocycles. The van der Waals surface area contributed by atoms with Gasteiger partial charge in [0.1, 0.15) is 11.2 Å². The van der Waals surface area contributed by atoms with Gasteiger partial charge in [0.05, 0.1) is 11.9 Å². The van der Waals surface area contributed by atoms with Crippen molar-refractivity contribution in [1.82, 2.24) is 15.0 Å². The zero-order valence-corrected chi connectivity index (χ0v) is 9.51. The summed E-state index contributed by atoms with van der Waals surface area (Å²) in [6, 6.07) is 6.39. The van der Waals surface area contributed by atoms with E-state index in [1.54, 1.807) is 12.3 Å². The van der Waals surface area contributed by atoms with Crippen molar-refractivity contribution in [2.24, 2.45) is 0 Å². The SMILES string of the molecule is CNc1ccc(-c2nc3ccc(F)nc3o2)nc1. The number of oxazole rings is 1. The highest BCUT2D eigenvalue weighted by atomic mass is 19.1. The van der Waals surface area contributed by atoms with Crippen LogP contribution in [0.4, 0.5) is 10.1 Å². The number of aromatic nitrogens is 3. The molecule has 6 heteroatoms. The molecule has 0 radical (unpaired) electrons. The first-order valence-corrected chi connectivity index (χ1v) is 5.33. The van der Waals surface area contributed by atoms with E-state index in [1.165, 1.54) is 12.1 Å². The third kappa shape index (κ3) is 1.77. The summed E-state index contributed by atoms with van der Waals surface area (Å²) in [6.45, 7) is 0.